The highest BCUT2D eigenvalue weighted by atomic mass is 16.5. The molecule has 14 heavy (non-hydrogen) atoms. The minimum absolute atomic E-state index is 0.377. The monoisotopic (exact) mass is 200 g/mol. The van der Waals surface area contributed by atoms with Gasteiger partial charge < -0.3 is 10.1 Å². The van der Waals surface area contributed by atoms with Crippen molar-refractivity contribution in [3.63, 3.8) is 0 Å². The Morgan fingerprint density at radius 3 is 2.64 bits per heavy atom. The fourth-order valence-corrected chi connectivity index (χ4v) is 1.94. The van der Waals surface area contributed by atoms with E-state index < -0.39 is 0 Å². The van der Waals surface area contributed by atoms with Gasteiger partial charge in [-0.15, -0.1) is 0 Å². The van der Waals surface area contributed by atoms with Crippen molar-refractivity contribution in [2.75, 3.05) is 26.7 Å². The van der Waals surface area contributed by atoms with Crippen molar-refractivity contribution in [3.05, 3.63) is 0 Å². The first-order valence-corrected chi connectivity index (χ1v) is 5.72. The molecule has 3 heteroatoms. The van der Waals surface area contributed by atoms with Gasteiger partial charge >= 0.3 is 0 Å². The largest absolute Gasteiger partial charge is 0.375 e. The van der Waals surface area contributed by atoms with Crippen LogP contribution in [0.25, 0.3) is 0 Å². The summed E-state index contributed by atoms with van der Waals surface area (Å²) in [7, 11) is 2.02. The first kappa shape index (κ1) is 12.0. The summed E-state index contributed by atoms with van der Waals surface area (Å²) in [6.45, 7) is 9.72. The van der Waals surface area contributed by atoms with Crippen LogP contribution in [0.1, 0.15) is 27.2 Å². The van der Waals surface area contributed by atoms with Crippen molar-refractivity contribution in [2.45, 2.75) is 45.4 Å². The lowest BCUT2D eigenvalue weighted by molar-refractivity contribution is 0.0444. The molecule has 0 aromatic rings. The van der Waals surface area contributed by atoms with Crippen molar-refractivity contribution < 1.29 is 4.74 Å². The van der Waals surface area contributed by atoms with E-state index in [0.717, 1.165) is 26.1 Å². The summed E-state index contributed by atoms with van der Waals surface area (Å²) < 4.78 is 5.83. The van der Waals surface area contributed by atoms with E-state index >= 15 is 0 Å². The molecule has 0 aliphatic carbocycles. The third kappa shape index (κ3) is 2.94. The molecule has 0 amide bonds. The summed E-state index contributed by atoms with van der Waals surface area (Å²) in [6, 6.07) is 1.13. The van der Waals surface area contributed by atoms with Gasteiger partial charge in [-0.25, -0.2) is 0 Å². The fraction of sp³-hybridized carbons (Fsp3) is 1.00. The maximum atomic E-state index is 5.83. The van der Waals surface area contributed by atoms with Crippen molar-refractivity contribution in [2.24, 2.45) is 0 Å². The molecule has 1 saturated heterocycles. The zero-order valence-electron chi connectivity index (χ0n) is 9.92. The number of nitrogens with zero attached hydrogens (tertiary/aromatic N) is 1. The Kier molecular flexibility index (Phi) is 4.85. The molecular weight excluding hydrogens is 176 g/mol. The van der Waals surface area contributed by atoms with Crippen LogP contribution in [0.15, 0.2) is 0 Å². The van der Waals surface area contributed by atoms with Crippen LogP contribution in [0.5, 0.6) is 0 Å². The molecule has 3 nitrogen and oxygen atoms in total. The van der Waals surface area contributed by atoms with Crippen LogP contribution < -0.4 is 5.32 Å². The van der Waals surface area contributed by atoms with Gasteiger partial charge in [0.25, 0.3) is 0 Å². The molecule has 2 atom stereocenters. The average Bonchev–Trinajstić information content (AvgIpc) is 2.57. The number of likely N-dealkylation sites (tertiary alicyclic amines) is 1. The van der Waals surface area contributed by atoms with Crippen LogP contribution in [0.4, 0.5) is 0 Å². The summed E-state index contributed by atoms with van der Waals surface area (Å²) in [5.41, 5.74) is 0. The van der Waals surface area contributed by atoms with Gasteiger partial charge in [-0.1, -0.05) is 6.92 Å². The second-order valence-electron chi connectivity index (χ2n) is 4.35. The van der Waals surface area contributed by atoms with Gasteiger partial charge in [-0.05, 0) is 27.3 Å². The Labute approximate surface area is 87.8 Å². The lowest BCUT2D eigenvalue weighted by Crippen LogP contribution is -2.38. The SMILES string of the molecule is CCCOC1CN(C(C)C)CC1NC. The summed E-state index contributed by atoms with van der Waals surface area (Å²) in [5, 5.41) is 3.34. The highest BCUT2D eigenvalue weighted by molar-refractivity contribution is 4.90. The predicted molar refractivity (Wildman–Crippen MR) is 59.6 cm³/mol. The van der Waals surface area contributed by atoms with Crippen molar-refractivity contribution in [3.8, 4) is 0 Å². The minimum atomic E-state index is 0.377. The van der Waals surface area contributed by atoms with E-state index in [1.54, 1.807) is 0 Å². The van der Waals surface area contributed by atoms with Crippen molar-refractivity contribution >= 4 is 0 Å². The molecule has 1 rings (SSSR count). The Morgan fingerprint density at radius 2 is 2.14 bits per heavy atom. The van der Waals surface area contributed by atoms with Gasteiger partial charge in [0.1, 0.15) is 0 Å². The van der Waals surface area contributed by atoms with Crippen LogP contribution >= 0.6 is 0 Å². The molecule has 1 aliphatic rings. The standard InChI is InChI=1S/C11H24N2O/c1-5-6-14-11-8-13(9(2)3)7-10(11)12-4/h9-12H,5-8H2,1-4H3. The molecule has 0 radical (unpaired) electrons. The molecule has 0 aromatic heterocycles. The molecule has 84 valence electrons. The van der Waals surface area contributed by atoms with Crippen molar-refractivity contribution in [1.82, 2.24) is 10.2 Å². The van der Waals surface area contributed by atoms with Crippen molar-refractivity contribution in [1.29, 1.82) is 0 Å². The van der Waals surface area contributed by atoms with Gasteiger partial charge in [0.2, 0.25) is 0 Å². The Hall–Kier alpha value is -0.120. The maximum absolute atomic E-state index is 5.83. The molecule has 0 spiro atoms. The lowest BCUT2D eigenvalue weighted by Gasteiger charge is -2.19. The molecule has 1 N–H and O–H groups in total. The van der Waals surface area contributed by atoms with E-state index in [2.05, 4.69) is 31.0 Å². The molecule has 2 unspecified atom stereocenters. The first-order valence-electron chi connectivity index (χ1n) is 5.72. The molecule has 1 heterocycles. The highest BCUT2D eigenvalue weighted by Crippen LogP contribution is 2.16. The van der Waals surface area contributed by atoms with E-state index in [1.807, 2.05) is 7.05 Å². The maximum Gasteiger partial charge on any atom is 0.0867 e. The molecule has 0 aromatic carbocycles. The summed E-state index contributed by atoms with van der Waals surface area (Å²) in [4.78, 5) is 2.47. The Balaban J connectivity index is 2.41. The third-order valence-corrected chi connectivity index (χ3v) is 2.93. The second kappa shape index (κ2) is 5.69. The van der Waals surface area contributed by atoms with E-state index in [0.29, 0.717) is 18.2 Å². The Morgan fingerprint density at radius 1 is 1.43 bits per heavy atom. The number of nitrogens with one attached hydrogen (secondary N) is 1. The third-order valence-electron chi connectivity index (χ3n) is 2.93. The van der Waals surface area contributed by atoms with Crippen LogP contribution in [-0.2, 0) is 4.74 Å². The number of likely N-dealkylation sites (N-methyl/N-ethyl adjacent to an activating group) is 1. The van der Waals surface area contributed by atoms with Crippen LogP contribution in [0.2, 0.25) is 0 Å². The van der Waals surface area contributed by atoms with Gasteiger partial charge in [-0.2, -0.15) is 0 Å². The lowest BCUT2D eigenvalue weighted by atomic mass is 10.2. The van der Waals surface area contributed by atoms with Gasteiger partial charge in [0.05, 0.1) is 6.10 Å². The molecule has 0 bridgehead atoms. The predicted octanol–water partition coefficient (Wildman–Crippen LogP) is 1.09. The smallest absolute Gasteiger partial charge is 0.0867 e. The van der Waals surface area contributed by atoms with Gasteiger partial charge in [0, 0.05) is 31.8 Å². The normalized spacial score (nSPS) is 28.9. The van der Waals surface area contributed by atoms with E-state index in [4.69, 9.17) is 4.74 Å². The number of hydrogen-bond acceptors (Lipinski definition) is 3. The van der Waals surface area contributed by atoms with Gasteiger partial charge in [0.15, 0.2) is 0 Å². The Bertz CT molecular complexity index is 161. The summed E-state index contributed by atoms with van der Waals surface area (Å²) in [5.74, 6) is 0. The summed E-state index contributed by atoms with van der Waals surface area (Å²) in [6.07, 6.45) is 1.48. The molecule has 1 fully saturated rings. The summed E-state index contributed by atoms with van der Waals surface area (Å²) >= 11 is 0. The zero-order chi connectivity index (χ0) is 10.6. The van der Waals surface area contributed by atoms with Crippen LogP contribution in [0, 0.1) is 0 Å². The molecular formula is C11H24N2O. The van der Waals surface area contributed by atoms with Crippen LogP contribution in [-0.4, -0.2) is 49.8 Å². The van der Waals surface area contributed by atoms with E-state index in [-0.39, 0.29) is 0 Å². The first-order chi connectivity index (χ1) is 6.69. The number of rotatable bonds is 5. The highest BCUT2D eigenvalue weighted by Gasteiger charge is 2.33. The molecule has 0 saturated carbocycles. The van der Waals surface area contributed by atoms with E-state index in [1.165, 1.54) is 0 Å². The minimum Gasteiger partial charge on any atom is -0.375 e. The second-order valence-corrected chi connectivity index (χ2v) is 4.35. The number of ether oxygens (including phenoxy) is 1. The topological polar surface area (TPSA) is 24.5 Å². The zero-order valence-corrected chi connectivity index (χ0v) is 9.92. The van der Waals surface area contributed by atoms with E-state index in [9.17, 15) is 0 Å². The number of hydrogen-bond donors (Lipinski definition) is 1. The quantitative estimate of drug-likeness (QED) is 0.719. The molecule has 1 aliphatic heterocycles. The van der Waals surface area contributed by atoms with Gasteiger partial charge in [-0.3, -0.25) is 4.90 Å². The average molecular weight is 200 g/mol. The fourth-order valence-electron chi connectivity index (χ4n) is 1.94. The van der Waals surface area contributed by atoms with Crippen LogP contribution in [0.3, 0.4) is 0 Å².